The van der Waals surface area contributed by atoms with Crippen LogP contribution >= 0.6 is 0 Å². The lowest BCUT2D eigenvalue weighted by Crippen LogP contribution is -2.16. The molecule has 1 heterocycles. The monoisotopic (exact) mass is 214 g/mol. The van der Waals surface area contributed by atoms with Crippen molar-refractivity contribution in [2.45, 2.75) is 45.5 Å². The van der Waals surface area contributed by atoms with Gasteiger partial charge in [-0.25, -0.2) is 9.97 Å². The Morgan fingerprint density at radius 2 is 2.07 bits per heavy atom. The topological polar surface area (TPSA) is 25.8 Å². The van der Waals surface area contributed by atoms with Gasteiger partial charge in [-0.3, -0.25) is 0 Å². The van der Waals surface area contributed by atoms with E-state index in [0.29, 0.717) is 12.2 Å². The smallest absolute Gasteiger partial charge is 0.242 e. The molecule has 0 aliphatic heterocycles. The number of nitrogens with zero attached hydrogens (tertiary/aromatic N) is 2. The lowest BCUT2D eigenvalue weighted by molar-refractivity contribution is -0.0203. The molecular weight excluding hydrogens is 198 g/mol. The highest BCUT2D eigenvalue weighted by Crippen LogP contribution is 2.31. The van der Waals surface area contributed by atoms with Crippen molar-refractivity contribution < 1.29 is 8.78 Å². The molecule has 15 heavy (non-hydrogen) atoms. The van der Waals surface area contributed by atoms with Gasteiger partial charge in [0.15, 0.2) is 0 Å². The molecule has 0 saturated heterocycles. The summed E-state index contributed by atoms with van der Waals surface area (Å²) in [7, 11) is 0. The molecule has 0 fully saturated rings. The zero-order valence-corrected chi connectivity index (χ0v) is 9.13. The first-order chi connectivity index (χ1) is 7.06. The summed E-state index contributed by atoms with van der Waals surface area (Å²) in [5, 5.41) is 0. The van der Waals surface area contributed by atoms with Crippen LogP contribution in [0.5, 0.6) is 0 Å². The van der Waals surface area contributed by atoms with Crippen molar-refractivity contribution in [3.8, 4) is 0 Å². The van der Waals surface area contributed by atoms with Gasteiger partial charge in [0, 0.05) is 12.6 Å². The summed E-state index contributed by atoms with van der Waals surface area (Å²) < 4.78 is 27.1. The molecule has 0 spiro atoms. The molecule has 0 saturated carbocycles. The predicted octanol–water partition coefficient (Wildman–Crippen LogP) is 3.46. The molecule has 84 valence electrons. The van der Waals surface area contributed by atoms with Gasteiger partial charge < -0.3 is 0 Å². The second kappa shape index (κ2) is 5.14. The summed E-state index contributed by atoms with van der Waals surface area (Å²) in [6.07, 6.45) is 3.56. The van der Waals surface area contributed by atoms with Gasteiger partial charge in [-0.2, -0.15) is 8.78 Å². The summed E-state index contributed by atoms with van der Waals surface area (Å²) in [5.41, 5.74) is -0.161. The van der Waals surface area contributed by atoms with E-state index in [-0.39, 0.29) is 12.1 Å². The molecule has 2 nitrogen and oxygen atoms in total. The van der Waals surface area contributed by atoms with Gasteiger partial charge in [-0.15, -0.1) is 0 Å². The van der Waals surface area contributed by atoms with Gasteiger partial charge >= 0.3 is 0 Å². The Morgan fingerprint density at radius 3 is 2.67 bits per heavy atom. The van der Waals surface area contributed by atoms with Crippen LogP contribution < -0.4 is 0 Å². The number of halogens is 2. The van der Waals surface area contributed by atoms with Gasteiger partial charge in [-0.05, 0) is 19.4 Å². The van der Waals surface area contributed by atoms with E-state index in [1.54, 1.807) is 6.92 Å². The van der Waals surface area contributed by atoms with Crippen LogP contribution in [0.25, 0.3) is 0 Å². The fraction of sp³-hybridized carbons (Fsp3) is 0.636. The maximum Gasteiger partial charge on any atom is 0.289 e. The Hall–Kier alpha value is -1.06. The molecular formula is C11H16F2N2. The number of aromatic nitrogens is 2. The van der Waals surface area contributed by atoms with Crippen LogP contribution in [0.4, 0.5) is 8.78 Å². The van der Waals surface area contributed by atoms with Gasteiger partial charge in [0.2, 0.25) is 0 Å². The minimum absolute atomic E-state index is 0.128. The Kier molecular flexibility index (Phi) is 4.12. The van der Waals surface area contributed by atoms with Gasteiger partial charge in [0.05, 0.1) is 0 Å². The van der Waals surface area contributed by atoms with E-state index in [1.165, 1.54) is 12.3 Å². The van der Waals surface area contributed by atoms with Gasteiger partial charge in [-0.1, -0.05) is 19.8 Å². The van der Waals surface area contributed by atoms with E-state index in [9.17, 15) is 8.78 Å². The van der Waals surface area contributed by atoms with E-state index in [1.807, 2.05) is 6.92 Å². The van der Waals surface area contributed by atoms with Gasteiger partial charge in [0.1, 0.15) is 11.5 Å². The standard InChI is InChI=1S/C11H16F2N2/c1-3-4-5-7-11(12,13)10-6-8-14-9(2)15-10/h6,8H,3-5,7H2,1-2H3. The van der Waals surface area contributed by atoms with Crippen LogP contribution in [0.2, 0.25) is 0 Å². The van der Waals surface area contributed by atoms with E-state index in [4.69, 9.17) is 0 Å². The number of rotatable bonds is 5. The SMILES string of the molecule is CCCCCC(F)(F)c1ccnc(C)n1. The molecule has 1 rings (SSSR count). The molecule has 0 unspecified atom stereocenters. The van der Waals surface area contributed by atoms with Crippen LogP contribution in [0.15, 0.2) is 12.3 Å². The second-order valence-corrected chi connectivity index (χ2v) is 3.65. The average Bonchev–Trinajstić information content (AvgIpc) is 2.18. The maximum atomic E-state index is 13.6. The maximum absolute atomic E-state index is 13.6. The predicted molar refractivity (Wildman–Crippen MR) is 54.8 cm³/mol. The third-order valence-electron chi connectivity index (χ3n) is 2.25. The molecule has 0 radical (unpaired) electrons. The summed E-state index contributed by atoms with van der Waals surface area (Å²) in [5.74, 6) is -2.43. The highest BCUT2D eigenvalue weighted by Gasteiger charge is 2.32. The molecule has 0 aliphatic rings. The number of unbranched alkanes of at least 4 members (excludes halogenated alkanes) is 2. The third kappa shape index (κ3) is 3.53. The third-order valence-corrected chi connectivity index (χ3v) is 2.25. The Balaban J connectivity index is 2.67. The van der Waals surface area contributed by atoms with Crippen LogP contribution in [0.3, 0.4) is 0 Å². The summed E-state index contributed by atoms with van der Waals surface area (Å²) in [6, 6.07) is 1.29. The van der Waals surface area contributed by atoms with E-state index < -0.39 is 5.92 Å². The summed E-state index contributed by atoms with van der Waals surface area (Å²) in [4.78, 5) is 7.57. The molecule has 0 amide bonds. The molecule has 4 heteroatoms. The average molecular weight is 214 g/mol. The molecule has 0 aliphatic carbocycles. The Morgan fingerprint density at radius 1 is 1.33 bits per heavy atom. The van der Waals surface area contributed by atoms with E-state index in [2.05, 4.69) is 9.97 Å². The number of hydrogen-bond acceptors (Lipinski definition) is 2. The van der Waals surface area contributed by atoms with E-state index >= 15 is 0 Å². The molecule has 0 N–H and O–H groups in total. The van der Waals surface area contributed by atoms with Crippen molar-refractivity contribution >= 4 is 0 Å². The van der Waals surface area contributed by atoms with E-state index in [0.717, 1.165) is 12.8 Å². The largest absolute Gasteiger partial charge is 0.289 e. The zero-order valence-electron chi connectivity index (χ0n) is 9.13. The first-order valence-electron chi connectivity index (χ1n) is 5.24. The number of hydrogen-bond donors (Lipinski definition) is 0. The highest BCUT2D eigenvalue weighted by atomic mass is 19.3. The quantitative estimate of drug-likeness (QED) is 0.701. The van der Waals surface area contributed by atoms with Crippen molar-refractivity contribution in [1.29, 1.82) is 0 Å². The fourth-order valence-corrected chi connectivity index (χ4v) is 1.38. The first kappa shape index (κ1) is 12.0. The van der Waals surface area contributed by atoms with Gasteiger partial charge in [0.25, 0.3) is 5.92 Å². The van der Waals surface area contributed by atoms with Crippen LogP contribution in [0.1, 0.15) is 44.1 Å². The van der Waals surface area contributed by atoms with Crippen molar-refractivity contribution in [2.24, 2.45) is 0 Å². The normalized spacial score (nSPS) is 11.7. The minimum atomic E-state index is -2.82. The molecule has 0 aromatic carbocycles. The molecule has 0 atom stereocenters. The van der Waals surface area contributed by atoms with Crippen LogP contribution in [-0.2, 0) is 5.92 Å². The van der Waals surface area contributed by atoms with Crippen molar-refractivity contribution in [3.05, 3.63) is 23.8 Å². The summed E-state index contributed by atoms with van der Waals surface area (Å²) in [6.45, 7) is 3.61. The van der Waals surface area contributed by atoms with Crippen LogP contribution in [0, 0.1) is 6.92 Å². The molecule has 0 bridgehead atoms. The first-order valence-corrected chi connectivity index (χ1v) is 5.24. The highest BCUT2D eigenvalue weighted by molar-refractivity contribution is 5.08. The number of alkyl halides is 2. The van der Waals surface area contributed by atoms with Crippen molar-refractivity contribution in [1.82, 2.24) is 9.97 Å². The fourth-order valence-electron chi connectivity index (χ4n) is 1.38. The van der Waals surface area contributed by atoms with Crippen molar-refractivity contribution in [3.63, 3.8) is 0 Å². The lowest BCUT2D eigenvalue weighted by atomic mass is 10.1. The number of aryl methyl sites for hydroxylation is 1. The van der Waals surface area contributed by atoms with Crippen LogP contribution in [-0.4, -0.2) is 9.97 Å². The Bertz CT molecular complexity index is 313. The molecule has 1 aromatic rings. The Labute approximate surface area is 88.8 Å². The van der Waals surface area contributed by atoms with Crippen molar-refractivity contribution in [2.75, 3.05) is 0 Å². The molecule has 1 aromatic heterocycles. The zero-order chi connectivity index (χ0) is 11.3. The second-order valence-electron chi connectivity index (χ2n) is 3.65. The lowest BCUT2D eigenvalue weighted by Gasteiger charge is -2.15. The summed E-state index contributed by atoms with van der Waals surface area (Å²) >= 11 is 0. The minimum Gasteiger partial charge on any atom is -0.242 e.